The van der Waals surface area contributed by atoms with Crippen molar-refractivity contribution in [3.8, 4) is 0 Å². The summed E-state index contributed by atoms with van der Waals surface area (Å²) >= 11 is 3.27. The molecule has 0 aliphatic heterocycles. The maximum Gasteiger partial charge on any atom is 0.316 e. The molecule has 2 N–H and O–H groups in total. The first kappa shape index (κ1) is 14.7. The first-order chi connectivity index (χ1) is 9.46. The van der Waals surface area contributed by atoms with Crippen LogP contribution in [0.2, 0.25) is 0 Å². The van der Waals surface area contributed by atoms with Crippen LogP contribution in [-0.4, -0.2) is 21.2 Å². The van der Waals surface area contributed by atoms with E-state index in [1.165, 1.54) is 13.1 Å². The number of hydrogen-bond donors (Lipinski definition) is 2. The molecule has 20 heavy (non-hydrogen) atoms. The van der Waals surface area contributed by atoms with Crippen molar-refractivity contribution in [2.75, 3.05) is 0 Å². The molecule has 2 rings (SSSR count). The van der Waals surface area contributed by atoms with Gasteiger partial charge in [0, 0.05) is 16.9 Å². The second-order valence-electron chi connectivity index (χ2n) is 4.71. The Bertz CT molecular complexity index is 618. The van der Waals surface area contributed by atoms with Crippen molar-refractivity contribution in [2.45, 2.75) is 18.4 Å². The third-order valence-corrected chi connectivity index (χ3v) is 3.84. The fourth-order valence-electron chi connectivity index (χ4n) is 2.06. The van der Waals surface area contributed by atoms with Gasteiger partial charge in [-0.25, -0.2) is 0 Å². The summed E-state index contributed by atoms with van der Waals surface area (Å²) in [5, 5.41) is 20.1. The van der Waals surface area contributed by atoms with E-state index in [-0.39, 0.29) is 0 Å². The maximum atomic E-state index is 11.7. The van der Waals surface area contributed by atoms with Crippen molar-refractivity contribution >= 4 is 21.9 Å². The van der Waals surface area contributed by atoms with Crippen LogP contribution in [0.3, 0.4) is 0 Å². The summed E-state index contributed by atoms with van der Waals surface area (Å²) in [6, 6.07) is 10.4. The molecule has 2 atom stereocenters. The molecule has 0 bridgehead atoms. The Balaban J connectivity index is 2.53. The molecule has 0 saturated heterocycles. The number of aliphatic carboxylic acids is 1. The van der Waals surface area contributed by atoms with Crippen molar-refractivity contribution in [3.63, 3.8) is 0 Å². The lowest BCUT2D eigenvalue weighted by molar-refractivity contribution is -0.148. The van der Waals surface area contributed by atoms with Gasteiger partial charge in [0.25, 0.3) is 0 Å². The Labute approximate surface area is 125 Å². The van der Waals surface area contributed by atoms with Crippen LogP contribution in [0.25, 0.3) is 0 Å². The van der Waals surface area contributed by atoms with Crippen molar-refractivity contribution in [3.05, 3.63) is 64.4 Å². The number of carboxylic acid groups (broad SMARTS) is 1. The number of carboxylic acids is 1. The van der Waals surface area contributed by atoms with Crippen LogP contribution < -0.4 is 0 Å². The number of aliphatic hydroxyl groups excluding tert-OH is 1. The number of aromatic nitrogens is 1. The molecule has 0 unspecified atom stereocenters. The topological polar surface area (TPSA) is 70.4 Å². The number of hydrogen-bond acceptors (Lipinski definition) is 3. The highest BCUT2D eigenvalue weighted by atomic mass is 79.9. The zero-order chi connectivity index (χ0) is 14.8. The number of benzene rings is 1. The highest BCUT2D eigenvalue weighted by molar-refractivity contribution is 9.10. The molecule has 1 aromatic heterocycles. The van der Waals surface area contributed by atoms with Crippen molar-refractivity contribution in [1.82, 2.24) is 4.98 Å². The van der Waals surface area contributed by atoms with Crippen molar-refractivity contribution in [2.24, 2.45) is 0 Å². The number of nitrogens with zero attached hydrogens (tertiary/aromatic N) is 1. The van der Waals surface area contributed by atoms with Gasteiger partial charge >= 0.3 is 5.97 Å². The molecule has 0 fully saturated rings. The van der Waals surface area contributed by atoms with Gasteiger partial charge in [0.15, 0.2) is 0 Å². The molecule has 1 aromatic carbocycles. The van der Waals surface area contributed by atoms with Gasteiger partial charge in [0.2, 0.25) is 0 Å². The molecule has 0 amide bonds. The Hall–Kier alpha value is -1.72. The second kappa shape index (κ2) is 5.73. The third-order valence-electron chi connectivity index (χ3n) is 3.41. The molecule has 0 aliphatic rings. The van der Waals surface area contributed by atoms with E-state index < -0.39 is 17.5 Å². The highest BCUT2D eigenvalue weighted by Gasteiger charge is 2.43. The average molecular weight is 336 g/mol. The van der Waals surface area contributed by atoms with Gasteiger partial charge in [-0.1, -0.05) is 30.3 Å². The third kappa shape index (κ3) is 2.59. The van der Waals surface area contributed by atoms with E-state index >= 15 is 0 Å². The van der Waals surface area contributed by atoms with Crippen molar-refractivity contribution in [1.29, 1.82) is 0 Å². The zero-order valence-electron chi connectivity index (χ0n) is 10.8. The number of rotatable bonds is 4. The quantitative estimate of drug-likeness (QED) is 0.901. The number of halogens is 1. The van der Waals surface area contributed by atoms with Gasteiger partial charge in [0.05, 0.1) is 6.10 Å². The summed E-state index contributed by atoms with van der Waals surface area (Å²) in [7, 11) is 0. The molecule has 1 heterocycles. The summed E-state index contributed by atoms with van der Waals surface area (Å²) in [5.41, 5.74) is -0.480. The number of aliphatic hydroxyl groups is 1. The van der Waals surface area contributed by atoms with Crippen molar-refractivity contribution < 1.29 is 15.0 Å². The molecular formula is C15H14BrNO3. The summed E-state index contributed by atoms with van der Waals surface area (Å²) < 4.78 is 0.669. The first-order valence-electron chi connectivity index (χ1n) is 6.03. The second-order valence-corrected chi connectivity index (χ2v) is 5.63. The van der Waals surface area contributed by atoms with Crippen LogP contribution >= 0.6 is 15.9 Å². The zero-order valence-corrected chi connectivity index (χ0v) is 12.4. The van der Waals surface area contributed by atoms with Gasteiger partial charge in [-0.15, -0.1) is 0 Å². The van der Waals surface area contributed by atoms with E-state index in [0.29, 0.717) is 15.6 Å². The van der Waals surface area contributed by atoms with Gasteiger partial charge < -0.3 is 10.2 Å². The summed E-state index contributed by atoms with van der Waals surface area (Å²) in [5.74, 6) is -1.10. The van der Waals surface area contributed by atoms with Gasteiger partial charge in [-0.2, -0.15) is 0 Å². The smallest absolute Gasteiger partial charge is 0.316 e. The standard InChI is InChI=1S/C15H14BrNO3/c1-15(14(19)20,11-7-12(16)9-17-8-11)13(18)10-5-3-2-4-6-10/h2-9,13,18H,1H3,(H,19,20)/t13-,15-/m1/s1. The number of pyridine rings is 1. The minimum atomic E-state index is -1.47. The van der Waals surface area contributed by atoms with Crippen LogP contribution in [-0.2, 0) is 10.2 Å². The summed E-state index contributed by atoms with van der Waals surface area (Å²) in [4.78, 5) is 15.7. The van der Waals surface area contributed by atoms with Crippen LogP contribution in [0.5, 0.6) is 0 Å². The summed E-state index contributed by atoms with van der Waals surface area (Å²) in [6.07, 6.45) is 1.86. The van der Waals surface area contributed by atoms with Crippen LogP contribution in [0.15, 0.2) is 53.3 Å². The minimum Gasteiger partial charge on any atom is -0.481 e. The lowest BCUT2D eigenvalue weighted by Gasteiger charge is -2.31. The lowest BCUT2D eigenvalue weighted by Crippen LogP contribution is -2.39. The molecule has 0 saturated carbocycles. The monoisotopic (exact) mass is 335 g/mol. The predicted octanol–water partition coefficient (Wildman–Crippen LogP) is 2.92. The fraction of sp³-hybridized carbons (Fsp3) is 0.200. The van der Waals surface area contributed by atoms with Crippen LogP contribution in [0.4, 0.5) is 0 Å². The van der Waals surface area contributed by atoms with E-state index in [1.807, 2.05) is 6.07 Å². The first-order valence-corrected chi connectivity index (χ1v) is 6.83. The predicted molar refractivity (Wildman–Crippen MR) is 78.3 cm³/mol. The molecule has 0 spiro atoms. The van der Waals surface area contributed by atoms with Crippen LogP contribution in [0.1, 0.15) is 24.2 Å². The number of carbonyl (C=O) groups is 1. The van der Waals surface area contributed by atoms with E-state index in [0.717, 1.165) is 0 Å². The molecule has 4 nitrogen and oxygen atoms in total. The Morgan fingerprint density at radius 3 is 2.50 bits per heavy atom. The van der Waals surface area contributed by atoms with E-state index in [4.69, 9.17) is 0 Å². The Morgan fingerprint density at radius 1 is 1.30 bits per heavy atom. The lowest BCUT2D eigenvalue weighted by atomic mass is 9.75. The molecular weight excluding hydrogens is 322 g/mol. The molecule has 2 aromatic rings. The minimum absolute atomic E-state index is 0.440. The van der Waals surface area contributed by atoms with Gasteiger partial charge in [-0.05, 0) is 40.0 Å². The van der Waals surface area contributed by atoms with E-state index in [9.17, 15) is 15.0 Å². The van der Waals surface area contributed by atoms with E-state index in [1.54, 1.807) is 36.5 Å². The molecule has 5 heteroatoms. The normalized spacial score (nSPS) is 15.3. The summed E-state index contributed by atoms with van der Waals surface area (Å²) in [6.45, 7) is 1.50. The molecule has 0 radical (unpaired) electrons. The Kier molecular flexibility index (Phi) is 4.20. The SMILES string of the molecule is C[C@@](C(=O)O)(c1cncc(Br)c1)[C@H](O)c1ccccc1. The van der Waals surface area contributed by atoms with Gasteiger partial charge in [0.1, 0.15) is 5.41 Å². The largest absolute Gasteiger partial charge is 0.481 e. The Morgan fingerprint density at radius 2 is 1.95 bits per heavy atom. The maximum absolute atomic E-state index is 11.7. The average Bonchev–Trinajstić information content (AvgIpc) is 2.46. The fourth-order valence-corrected chi connectivity index (χ4v) is 2.43. The van der Waals surface area contributed by atoms with E-state index in [2.05, 4.69) is 20.9 Å². The molecule has 104 valence electrons. The van der Waals surface area contributed by atoms with Crippen LogP contribution in [0, 0.1) is 0 Å². The molecule has 0 aliphatic carbocycles. The van der Waals surface area contributed by atoms with Gasteiger partial charge in [-0.3, -0.25) is 9.78 Å². The highest BCUT2D eigenvalue weighted by Crippen LogP contribution is 2.38.